The second-order valence-electron chi connectivity index (χ2n) is 7.41. The van der Waals surface area contributed by atoms with E-state index in [1.807, 2.05) is 49.7 Å². The van der Waals surface area contributed by atoms with Gasteiger partial charge < -0.3 is 10.6 Å². The summed E-state index contributed by atoms with van der Waals surface area (Å²) >= 11 is 1.35. The molecule has 0 fully saturated rings. The Bertz CT molecular complexity index is 1030. The summed E-state index contributed by atoms with van der Waals surface area (Å²) in [5.74, 6) is 0.152. The molecule has 30 heavy (non-hydrogen) atoms. The summed E-state index contributed by atoms with van der Waals surface area (Å²) in [6, 6.07) is 15.1. The first-order chi connectivity index (χ1) is 14.4. The molecule has 2 amide bonds. The number of nitrogens with zero attached hydrogens (tertiary/aromatic N) is 2. The van der Waals surface area contributed by atoms with E-state index in [9.17, 15) is 9.59 Å². The molecule has 0 radical (unpaired) electrons. The minimum absolute atomic E-state index is 0.185. The first-order valence-electron chi connectivity index (χ1n) is 9.84. The maximum atomic E-state index is 12.5. The average molecular weight is 423 g/mol. The van der Waals surface area contributed by atoms with Crippen molar-refractivity contribution in [2.75, 3.05) is 17.6 Å². The van der Waals surface area contributed by atoms with E-state index >= 15 is 0 Å². The lowest BCUT2D eigenvalue weighted by molar-refractivity contribution is -0.113. The van der Waals surface area contributed by atoms with Crippen LogP contribution in [0.5, 0.6) is 0 Å². The van der Waals surface area contributed by atoms with Crippen LogP contribution in [-0.4, -0.2) is 33.7 Å². The van der Waals surface area contributed by atoms with Crippen LogP contribution in [0, 0.1) is 12.8 Å². The van der Waals surface area contributed by atoms with E-state index in [1.54, 1.807) is 30.5 Å². The predicted molar refractivity (Wildman–Crippen MR) is 121 cm³/mol. The summed E-state index contributed by atoms with van der Waals surface area (Å²) in [5, 5.41) is 6.47. The van der Waals surface area contributed by atoms with E-state index in [-0.39, 0.29) is 17.6 Å². The number of para-hydroxylation sites is 1. The number of benzene rings is 2. The van der Waals surface area contributed by atoms with E-state index in [4.69, 9.17) is 0 Å². The number of carbonyl (C=O) groups is 2. The van der Waals surface area contributed by atoms with Crippen LogP contribution < -0.4 is 10.6 Å². The van der Waals surface area contributed by atoms with Gasteiger partial charge in [0.1, 0.15) is 0 Å². The van der Waals surface area contributed by atoms with Crippen LogP contribution in [0.3, 0.4) is 0 Å². The molecule has 0 saturated heterocycles. The van der Waals surface area contributed by atoms with Gasteiger partial charge in [-0.05, 0) is 42.7 Å². The molecule has 0 bridgehead atoms. The zero-order valence-corrected chi connectivity index (χ0v) is 18.2. The number of aromatic nitrogens is 2. The van der Waals surface area contributed by atoms with Gasteiger partial charge in [-0.25, -0.2) is 4.98 Å². The zero-order valence-electron chi connectivity index (χ0n) is 17.4. The molecule has 156 valence electrons. The number of rotatable bonds is 8. The molecule has 3 aromatic rings. The molecule has 1 heterocycles. The molecular formula is C23H26N4O2S. The number of imidazole rings is 1. The fraction of sp³-hybridized carbons (Fsp3) is 0.261. The Morgan fingerprint density at radius 2 is 1.93 bits per heavy atom. The summed E-state index contributed by atoms with van der Waals surface area (Å²) in [4.78, 5) is 29.4. The number of aryl methyl sites for hydroxylation is 1. The van der Waals surface area contributed by atoms with Crippen molar-refractivity contribution in [3.63, 3.8) is 0 Å². The fourth-order valence-corrected chi connectivity index (χ4v) is 3.64. The van der Waals surface area contributed by atoms with Gasteiger partial charge in [-0.3, -0.25) is 14.2 Å². The summed E-state index contributed by atoms with van der Waals surface area (Å²) in [6.07, 6.45) is 3.60. The van der Waals surface area contributed by atoms with Crippen molar-refractivity contribution in [3.8, 4) is 5.69 Å². The van der Waals surface area contributed by atoms with E-state index in [1.165, 1.54) is 11.8 Å². The van der Waals surface area contributed by atoms with Gasteiger partial charge in [0.15, 0.2) is 5.16 Å². The molecule has 0 atom stereocenters. The first kappa shape index (κ1) is 21.6. The minimum Gasteiger partial charge on any atom is -0.352 e. The van der Waals surface area contributed by atoms with E-state index < -0.39 is 0 Å². The molecule has 0 saturated carbocycles. The van der Waals surface area contributed by atoms with Crippen molar-refractivity contribution in [1.82, 2.24) is 14.9 Å². The quantitative estimate of drug-likeness (QED) is 0.531. The normalized spacial score (nSPS) is 10.8. The summed E-state index contributed by atoms with van der Waals surface area (Å²) in [5.41, 5.74) is 3.12. The lowest BCUT2D eigenvalue weighted by Crippen LogP contribution is -2.28. The van der Waals surface area contributed by atoms with Crippen LogP contribution in [0.15, 0.2) is 66.1 Å². The van der Waals surface area contributed by atoms with Gasteiger partial charge >= 0.3 is 0 Å². The highest BCUT2D eigenvalue weighted by molar-refractivity contribution is 7.99. The third-order valence-corrected chi connectivity index (χ3v) is 5.30. The maximum absolute atomic E-state index is 12.5. The van der Waals surface area contributed by atoms with Gasteiger partial charge in [-0.1, -0.05) is 49.9 Å². The fourth-order valence-electron chi connectivity index (χ4n) is 2.87. The molecule has 6 nitrogen and oxygen atoms in total. The predicted octanol–water partition coefficient (Wildman–Crippen LogP) is 4.30. The van der Waals surface area contributed by atoms with Gasteiger partial charge in [0.05, 0.1) is 17.0 Å². The van der Waals surface area contributed by atoms with Crippen LogP contribution in [0.2, 0.25) is 0 Å². The maximum Gasteiger partial charge on any atom is 0.253 e. The largest absolute Gasteiger partial charge is 0.352 e. The molecule has 0 aliphatic carbocycles. The Kier molecular flexibility index (Phi) is 7.30. The number of carbonyl (C=O) groups excluding carboxylic acids is 2. The number of hydrogen-bond donors (Lipinski definition) is 2. The molecule has 2 N–H and O–H groups in total. The van der Waals surface area contributed by atoms with Gasteiger partial charge in [0, 0.05) is 24.6 Å². The standard InChI is InChI=1S/C23H26N4O2S/c1-16(2)14-25-22(29)19-9-4-5-10-20(19)26-21(28)15-30-23-24-11-12-27(23)18-8-6-7-17(3)13-18/h4-13,16H,14-15H2,1-3H3,(H,25,29)(H,26,28). The van der Waals surface area contributed by atoms with Crippen LogP contribution in [0.1, 0.15) is 29.8 Å². The Morgan fingerprint density at radius 3 is 2.70 bits per heavy atom. The molecule has 0 aliphatic heterocycles. The average Bonchev–Trinajstić information content (AvgIpc) is 3.19. The van der Waals surface area contributed by atoms with E-state index in [0.717, 1.165) is 16.4 Å². The summed E-state index contributed by atoms with van der Waals surface area (Å²) in [7, 11) is 0. The van der Waals surface area contributed by atoms with Gasteiger partial charge in [0.25, 0.3) is 5.91 Å². The van der Waals surface area contributed by atoms with Crippen molar-refractivity contribution < 1.29 is 9.59 Å². The number of anilines is 1. The van der Waals surface area contributed by atoms with Gasteiger partial charge in [-0.2, -0.15) is 0 Å². The van der Waals surface area contributed by atoms with Crippen molar-refractivity contribution in [3.05, 3.63) is 72.1 Å². The molecule has 2 aromatic carbocycles. The second kappa shape index (κ2) is 10.1. The Labute approximate surface area is 181 Å². The minimum atomic E-state index is -0.192. The molecule has 0 aliphatic rings. The van der Waals surface area contributed by atoms with Crippen molar-refractivity contribution >= 4 is 29.3 Å². The third-order valence-electron chi connectivity index (χ3n) is 4.34. The molecule has 7 heteroatoms. The van der Waals surface area contributed by atoms with Crippen LogP contribution in [-0.2, 0) is 4.79 Å². The lowest BCUT2D eigenvalue weighted by atomic mass is 10.1. The molecule has 1 aromatic heterocycles. The Morgan fingerprint density at radius 1 is 1.13 bits per heavy atom. The topological polar surface area (TPSA) is 76.0 Å². The number of thioether (sulfide) groups is 1. The number of amides is 2. The number of hydrogen-bond acceptors (Lipinski definition) is 4. The van der Waals surface area contributed by atoms with Crippen LogP contribution >= 0.6 is 11.8 Å². The van der Waals surface area contributed by atoms with Crippen molar-refractivity contribution in [1.29, 1.82) is 0 Å². The van der Waals surface area contributed by atoms with Crippen LogP contribution in [0.25, 0.3) is 5.69 Å². The molecular weight excluding hydrogens is 396 g/mol. The zero-order chi connectivity index (χ0) is 21.5. The highest BCUT2D eigenvalue weighted by atomic mass is 32.2. The van der Waals surface area contributed by atoms with E-state index in [2.05, 4.69) is 21.7 Å². The SMILES string of the molecule is Cc1cccc(-n2ccnc2SCC(=O)Nc2ccccc2C(=O)NCC(C)C)c1. The van der Waals surface area contributed by atoms with Crippen molar-refractivity contribution in [2.24, 2.45) is 5.92 Å². The molecule has 0 unspecified atom stereocenters. The van der Waals surface area contributed by atoms with Gasteiger partial charge in [0.2, 0.25) is 5.91 Å². The monoisotopic (exact) mass is 422 g/mol. The Hall–Kier alpha value is -3.06. The Balaban J connectivity index is 1.64. The van der Waals surface area contributed by atoms with Crippen molar-refractivity contribution in [2.45, 2.75) is 25.9 Å². The first-order valence-corrected chi connectivity index (χ1v) is 10.8. The molecule has 3 rings (SSSR count). The van der Waals surface area contributed by atoms with Crippen LogP contribution in [0.4, 0.5) is 5.69 Å². The summed E-state index contributed by atoms with van der Waals surface area (Å²) < 4.78 is 1.96. The smallest absolute Gasteiger partial charge is 0.253 e. The summed E-state index contributed by atoms with van der Waals surface area (Å²) in [6.45, 7) is 6.69. The van der Waals surface area contributed by atoms with Gasteiger partial charge in [-0.15, -0.1) is 0 Å². The highest BCUT2D eigenvalue weighted by Crippen LogP contribution is 2.22. The number of nitrogens with one attached hydrogen (secondary N) is 2. The molecule has 0 spiro atoms. The lowest BCUT2D eigenvalue weighted by Gasteiger charge is -2.12. The second-order valence-corrected chi connectivity index (χ2v) is 8.35. The van der Waals surface area contributed by atoms with E-state index in [0.29, 0.717) is 23.7 Å². The highest BCUT2D eigenvalue weighted by Gasteiger charge is 2.14. The third kappa shape index (κ3) is 5.73.